The number of benzene rings is 1. The Balaban J connectivity index is 1.73. The first-order valence-electron chi connectivity index (χ1n) is 8.36. The molecule has 1 saturated heterocycles. The van der Waals surface area contributed by atoms with Gasteiger partial charge in [0, 0.05) is 57.7 Å². The number of piperazine rings is 1. The predicted octanol–water partition coefficient (Wildman–Crippen LogP) is 2.03. The molecule has 0 atom stereocenters. The van der Waals surface area contributed by atoms with E-state index in [0.29, 0.717) is 18.8 Å². The van der Waals surface area contributed by atoms with Gasteiger partial charge < -0.3 is 14.7 Å². The van der Waals surface area contributed by atoms with E-state index in [-0.39, 0.29) is 11.8 Å². The first-order valence-corrected chi connectivity index (χ1v) is 8.36. The van der Waals surface area contributed by atoms with Gasteiger partial charge >= 0.3 is 0 Å². The molecule has 0 unspecified atom stereocenters. The lowest BCUT2D eigenvalue weighted by atomic mass is 10.2. The maximum Gasteiger partial charge on any atom is 0.276 e. The molecule has 25 heavy (non-hydrogen) atoms. The molecule has 0 N–H and O–H groups in total. The minimum absolute atomic E-state index is 0.106. The molecular weight excluding hydrogens is 316 g/mol. The average molecular weight is 338 g/mol. The van der Waals surface area contributed by atoms with Crippen LogP contribution in [0.4, 0.5) is 11.4 Å². The van der Waals surface area contributed by atoms with E-state index in [1.54, 1.807) is 25.1 Å². The Morgan fingerprint density at radius 1 is 1.04 bits per heavy atom. The molecule has 0 aliphatic carbocycles. The first-order chi connectivity index (χ1) is 12.1. The number of nitrogens with zero attached hydrogens (tertiary/aromatic N) is 4. The molecule has 0 radical (unpaired) electrons. The van der Waals surface area contributed by atoms with Gasteiger partial charge in [-0.05, 0) is 24.3 Å². The Morgan fingerprint density at radius 3 is 2.36 bits per heavy atom. The zero-order chi connectivity index (χ0) is 17.8. The van der Waals surface area contributed by atoms with Gasteiger partial charge in [0.05, 0.1) is 0 Å². The molecule has 1 aliphatic heterocycles. The van der Waals surface area contributed by atoms with Crippen LogP contribution in [0.15, 0.2) is 48.7 Å². The van der Waals surface area contributed by atoms with Crippen molar-refractivity contribution < 1.29 is 9.59 Å². The predicted molar refractivity (Wildman–Crippen MR) is 97.9 cm³/mol. The summed E-state index contributed by atoms with van der Waals surface area (Å²) >= 11 is 0. The number of anilines is 2. The second-order valence-corrected chi connectivity index (χ2v) is 6.09. The Hall–Kier alpha value is -2.89. The number of pyridine rings is 1. The van der Waals surface area contributed by atoms with E-state index in [2.05, 4.69) is 9.88 Å². The van der Waals surface area contributed by atoms with Crippen LogP contribution in [0.25, 0.3) is 0 Å². The maximum absolute atomic E-state index is 12.7. The lowest BCUT2D eigenvalue weighted by Gasteiger charge is -2.35. The van der Waals surface area contributed by atoms with Crippen LogP contribution >= 0.6 is 0 Å². The molecule has 2 aromatic rings. The Morgan fingerprint density at radius 2 is 1.72 bits per heavy atom. The molecule has 1 aliphatic rings. The van der Waals surface area contributed by atoms with Gasteiger partial charge in [-0.3, -0.25) is 14.6 Å². The highest BCUT2D eigenvalue weighted by Gasteiger charge is 2.21. The fraction of sp³-hybridized carbons (Fsp3) is 0.316. The number of amides is 2. The third-order valence-electron chi connectivity index (χ3n) is 4.50. The van der Waals surface area contributed by atoms with Crippen LogP contribution in [0.1, 0.15) is 17.4 Å². The smallest absolute Gasteiger partial charge is 0.276 e. The number of para-hydroxylation sites is 1. The number of hydrogen-bond acceptors (Lipinski definition) is 4. The van der Waals surface area contributed by atoms with Gasteiger partial charge in [-0.1, -0.05) is 18.2 Å². The van der Waals surface area contributed by atoms with Crippen molar-refractivity contribution in [3.05, 3.63) is 54.4 Å². The molecule has 1 aromatic heterocycles. The second kappa shape index (κ2) is 7.34. The summed E-state index contributed by atoms with van der Waals surface area (Å²) in [6.07, 6.45) is 1.67. The summed E-state index contributed by atoms with van der Waals surface area (Å²) in [6, 6.07) is 13.2. The van der Waals surface area contributed by atoms with E-state index < -0.39 is 0 Å². The van der Waals surface area contributed by atoms with Crippen LogP contribution in [-0.2, 0) is 4.79 Å². The van der Waals surface area contributed by atoms with Crippen molar-refractivity contribution in [3.8, 4) is 0 Å². The fourth-order valence-electron chi connectivity index (χ4n) is 2.95. The van der Waals surface area contributed by atoms with Crippen molar-refractivity contribution in [1.82, 2.24) is 9.88 Å². The van der Waals surface area contributed by atoms with Gasteiger partial charge in [-0.2, -0.15) is 0 Å². The van der Waals surface area contributed by atoms with Gasteiger partial charge in [0.25, 0.3) is 5.91 Å². The Labute approximate surface area is 147 Å². The molecule has 2 amide bonds. The molecular formula is C19H22N4O2. The molecule has 0 spiro atoms. The van der Waals surface area contributed by atoms with E-state index in [4.69, 9.17) is 0 Å². The van der Waals surface area contributed by atoms with E-state index in [1.165, 1.54) is 0 Å². The standard InChI is InChI=1S/C19H22N4O2/c1-15(24)22-10-12-23(13-11-22)17-8-9-20-18(14-17)19(25)21(2)16-6-4-3-5-7-16/h3-9,14H,10-13H2,1-2H3. The largest absolute Gasteiger partial charge is 0.368 e. The van der Waals surface area contributed by atoms with E-state index in [1.807, 2.05) is 47.4 Å². The zero-order valence-corrected chi connectivity index (χ0v) is 14.6. The van der Waals surface area contributed by atoms with Gasteiger partial charge in [0.15, 0.2) is 0 Å². The monoisotopic (exact) mass is 338 g/mol. The third-order valence-corrected chi connectivity index (χ3v) is 4.50. The van der Waals surface area contributed by atoms with Crippen molar-refractivity contribution in [2.24, 2.45) is 0 Å². The highest BCUT2D eigenvalue weighted by atomic mass is 16.2. The molecule has 130 valence electrons. The highest BCUT2D eigenvalue weighted by molar-refractivity contribution is 6.04. The van der Waals surface area contributed by atoms with Crippen molar-refractivity contribution in [1.29, 1.82) is 0 Å². The summed E-state index contributed by atoms with van der Waals surface area (Å²) in [4.78, 5) is 34.0. The summed E-state index contributed by atoms with van der Waals surface area (Å²) in [5.74, 6) is -0.0369. The average Bonchev–Trinajstić information content (AvgIpc) is 2.67. The maximum atomic E-state index is 12.7. The van der Waals surface area contributed by atoms with Crippen molar-refractivity contribution >= 4 is 23.2 Å². The third kappa shape index (κ3) is 3.79. The normalized spacial score (nSPS) is 14.3. The molecule has 2 heterocycles. The van der Waals surface area contributed by atoms with Gasteiger partial charge in [0.2, 0.25) is 5.91 Å². The topological polar surface area (TPSA) is 56.8 Å². The van der Waals surface area contributed by atoms with Gasteiger partial charge in [-0.15, -0.1) is 0 Å². The molecule has 3 rings (SSSR count). The SMILES string of the molecule is CC(=O)N1CCN(c2ccnc(C(=O)N(C)c3ccccc3)c2)CC1. The fourth-order valence-corrected chi connectivity index (χ4v) is 2.95. The minimum atomic E-state index is -0.143. The molecule has 6 nitrogen and oxygen atoms in total. The second-order valence-electron chi connectivity index (χ2n) is 6.09. The van der Waals surface area contributed by atoms with Crippen molar-refractivity contribution in [2.75, 3.05) is 43.0 Å². The number of carbonyl (C=O) groups is 2. The van der Waals surface area contributed by atoms with Crippen LogP contribution in [0.5, 0.6) is 0 Å². The van der Waals surface area contributed by atoms with Crippen molar-refractivity contribution in [3.63, 3.8) is 0 Å². The molecule has 0 saturated carbocycles. The van der Waals surface area contributed by atoms with E-state index in [9.17, 15) is 9.59 Å². The van der Waals surface area contributed by atoms with Gasteiger partial charge in [0.1, 0.15) is 5.69 Å². The van der Waals surface area contributed by atoms with Crippen LogP contribution in [0.3, 0.4) is 0 Å². The van der Waals surface area contributed by atoms with E-state index in [0.717, 1.165) is 24.5 Å². The highest BCUT2D eigenvalue weighted by Crippen LogP contribution is 2.19. The van der Waals surface area contributed by atoms with Crippen LogP contribution in [-0.4, -0.2) is 54.9 Å². The van der Waals surface area contributed by atoms with Gasteiger partial charge in [-0.25, -0.2) is 0 Å². The summed E-state index contributed by atoms with van der Waals surface area (Å²) < 4.78 is 0. The quantitative estimate of drug-likeness (QED) is 0.859. The lowest BCUT2D eigenvalue weighted by Crippen LogP contribution is -2.48. The summed E-state index contributed by atoms with van der Waals surface area (Å²) in [5.41, 5.74) is 2.20. The van der Waals surface area contributed by atoms with Crippen LogP contribution in [0.2, 0.25) is 0 Å². The Bertz CT molecular complexity index is 755. The summed E-state index contributed by atoms with van der Waals surface area (Å²) in [5, 5.41) is 0. The number of carbonyl (C=O) groups excluding carboxylic acids is 2. The molecule has 6 heteroatoms. The van der Waals surface area contributed by atoms with Crippen molar-refractivity contribution in [2.45, 2.75) is 6.92 Å². The van der Waals surface area contributed by atoms with E-state index >= 15 is 0 Å². The molecule has 1 fully saturated rings. The number of aromatic nitrogens is 1. The minimum Gasteiger partial charge on any atom is -0.368 e. The number of rotatable bonds is 3. The molecule has 1 aromatic carbocycles. The summed E-state index contributed by atoms with van der Waals surface area (Å²) in [6.45, 7) is 4.51. The number of hydrogen-bond donors (Lipinski definition) is 0. The lowest BCUT2D eigenvalue weighted by molar-refractivity contribution is -0.129. The summed E-state index contributed by atoms with van der Waals surface area (Å²) in [7, 11) is 1.75. The zero-order valence-electron chi connectivity index (χ0n) is 14.6. The van der Waals surface area contributed by atoms with Crippen LogP contribution in [0, 0.1) is 0 Å². The first kappa shape index (κ1) is 17.0. The van der Waals surface area contributed by atoms with Crippen LogP contribution < -0.4 is 9.80 Å². The Kier molecular flexibility index (Phi) is 4.97. The molecule has 0 bridgehead atoms.